The molecular formula is C16H31Cl2NOSi2Zr. The van der Waals surface area contributed by atoms with Gasteiger partial charge in [0.2, 0.25) is 8.32 Å². The molecule has 1 N–H and O–H groups in total. The average Bonchev–Trinajstić information content (AvgIpc) is 2.52. The first-order valence-corrected chi connectivity index (χ1v) is 13.1. The molecule has 1 aromatic rings. The first-order chi connectivity index (χ1) is 8.99. The standard InChI is InChI=1S/C9H13.C7H18NOSi2.2ClH.Zr/c1-6-5-7(2)9(4)8(6)3;1-10(2)7(6-8)9-11(3,4)5;;;/h5H,1-4H3;8H,6H2,1-5H3;2*1H;/q2*-1;;;+4/p-2. The van der Waals surface area contributed by atoms with Crippen LogP contribution >= 0.6 is 0 Å². The van der Waals surface area contributed by atoms with Gasteiger partial charge in [-0.15, -0.1) is 0 Å². The molecule has 0 aliphatic rings. The van der Waals surface area contributed by atoms with Gasteiger partial charge >= 0.3 is 26.2 Å². The Hall–Kier alpha value is 0.877. The molecule has 0 fully saturated rings. The monoisotopic (exact) mass is 469 g/mol. The molecule has 0 atom stereocenters. The fourth-order valence-electron chi connectivity index (χ4n) is 1.82. The number of aryl methyl sites for hydroxylation is 2. The third kappa shape index (κ3) is 12.8. The van der Waals surface area contributed by atoms with E-state index in [2.05, 4.69) is 66.5 Å². The van der Waals surface area contributed by atoms with Crippen molar-refractivity contribution < 1.29 is 55.4 Å². The summed E-state index contributed by atoms with van der Waals surface area (Å²) in [6.45, 7) is 19.9. The second kappa shape index (κ2) is 14.1. The molecule has 0 saturated carbocycles. The molecule has 0 saturated heterocycles. The molecular weight excluding hydrogens is 440 g/mol. The Morgan fingerprint density at radius 2 is 1.61 bits per heavy atom. The maximum absolute atomic E-state index is 7.26. The second-order valence-electron chi connectivity index (χ2n) is 6.57. The van der Waals surface area contributed by atoms with E-state index in [1.54, 1.807) is 0 Å². The van der Waals surface area contributed by atoms with Crippen molar-refractivity contribution in [2.24, 2.45) is 0 Å². The molecule has 0 aromatic heterocycles. The smallest absolute Gasteiger partial charge is 1.00 e. The molecule has 1 aromatic carbocycles. The van der Waals surface area contributed by atoms with Crippen LogP contribution in [0.4, 0.5) is 0 Å². The van der Waals surface area contributed by atoms with Gasteiger partial charge in [-0.05, 0) is 19.6 Å². The van der Waals surface area contributed by atoms with E-state index in [4.69, 9.17) is 10.2 Å². The van der Waals surface area contributed by atoms with E-state index in [0.29, 0.717) is 6.54 Å². The van der Waals surface area contributed by atoms with Crippen LogP contribution in [0.25, 0.3) is 5.73 Å². The Morgan fingerprint density at radius 1 is 1.17 bits per heavy atom. The van der Waals surface area contributed by atoms with E-state index in [0.717, 1.165) is 5.35 Å². The van der Waals surface area contributed by atoms with E-state index in [1.165, 1.54) is 22.3 Å². The fourth-order valence-corrected chi connectivity index (χ4v) is 4.72. The molecule has 0 radical (unpaired) electrons. The summed E-state index contributed by atoms with van der Waals surface area (Å²) in [4.78, 5) is 0. The Labute approximate surface area is 177 Å². The average molecular weight is 472 g/mol. The van der Waals surface area contributed by atoms with Crippen LogP contribution < -0.4 is 24.8 Å². The molecule has 0 bridgehead atoms. The molecule has 0 heterocycles. The van der Waals surface area contributed by atoms with Crippen molar-refractivity contribution in [3.8, 4) is 0 Å². The van der Waals surface area contributed by atoms with E-state index >= 15 is 0 Å². The minimum absolute atomic E-state index is 0. The van der Waals surface area contributed by atoms with E-state index in [9.17, 15) is 0 Å². The molecule has 7 heteroatoms. The molecule has 0 spiro atoms. The molecule has 0 amide bonds. The molecule has 23 heavy (non-hydrogen) atoms. The maximum Gasteiger partial charge on any atom is 4.00 e. The van der Waals surface area contributed by atoms with Crippen LogP contribution in [0.15, 0.2) is 6.07 Å². The molecule has 132 valence electrons. The van der Waals surface area contributed by atoms with E-state index < -0.39 is 16.7 Å². The number of nitrogens with one attached hydrogen (secondary N) is 1. The summed E-state index contributed by atoms with van der Waals surface area (Å²) in [6, 6.07) is 2.24. The molecule has 2 nitrogen and oxygen atoms in total. The Bertz CT molecular complexity index is 457. The van der Waals surface area contributed by atoms with Crippen LogP contribution in [0.1, 0.15) is 22.3 Å². The quantitative estimate of drug-likeness (QED) is 0.411. The van der Waals surface area contributed by atoms with Crippen LogP contribution in [-0.4, -0.2) is 28.6 Å². The number of rotatable bonds is 3. The van der Waals surface area contributed by atoms with Crippen molar-refractivity contribution in [2.75, 3.05) is 6.54 Å². The predicted octanol–water partition coefficient (Wildman–Crippen LogP) is -0.999. The van der Waals surface area contributed by atoms with Crippen molar-refractivity contribution in [2.45, 2.75) is 60.4 Å². The number of hydrogen-bond acceptors (Lipinski definition) is 1. The summed E-state index contributed by atoms with van der Waals surface area (Å²) in [7, 11) is -1.95. The summed E-state index contributed by atoms with van der Waals surface area (Å²) >= 11 is 0. The van der Waals surface area contributed by atoms with Gasteiger partial charge in [-0.2, -0.15) is 28.3 Å². The van der Waals surface area contributed by atoms with Gasteiger partial charge in [0.25, 0.3) is 0 Å². The topological polar surface area (TPSA) is 33.0 Å². The third-order valence-electron chi connectivity index (χ3n) is 3.33. The molecule has 0 unspecified atom stereocenters. The second-order valence-corrected chi connectivity index (χ2v) is 13.6. The van der Waals surface area contributed by atoms with Crippen LogP contribution in [0, 0.1) is 27.7 Å². The van der Waals surface area contributed by atoms with Crippen molar-refractivity contribution >= 4 is 22.1 Å². The van der Waals surface area contributed by atoms with Crippen LogP contribution in [0.3, 0.4) is 0 Å². The maximum atomic E-state index is 7.26. The number of hydrogen-bond donors (Lipinski definition) is 0. The van der Waals surface area contributed by atoms with E-state index in [1.807, 2.05) is 0 Å². The Kier molecular flexibility index (Phi) is 19.4. The molecule has 0 aliphatic carbocycles. The van der Waals surface area contributed by atoms with Crippen LogP contribution in [0.5, 0.6) is 0 Å². The van der Waals surface area contributed by atoms with Gasteiger partial charge in [-0.3, -0.25) is 0 Å². The van der Waals surface area contributed by atoms with Crippen molar-refractivity contribution in [3.05, 3.63) is 34.1 Å². The van der Waals surface area contributed by atoms with Crippen LogP contribution in [-0.2, 0) is 30.6 Å². The van der Waals surface area contributed by atoms with Crippen molar-refractivity contribution in [1.82, 2.24) is 0 Å². The van der Waals surface area contributed by atoms with Gasteiger partial charge in [0, 0.05) is 13.8 Å². The third-order valence-corrected chi connectivity index (χ3v) is 5.78. The van der Waals surface area contributed by atoms with Gasteiger partial charge in [0.1, 0.15) is 0 Å². The first-order valence-electron chi connectivity index (χ1n) is 7.19. The van der Waals surface area contributed by atoms with Crippen molar-refractivity contribution in [3.63, 3.8) is 0 Å². The normalized spacial score (nSPS) is 9.30. The Balaban J connectivity index is -0.000000140. The number of halogens is 2. The zero-order chi connectivity index (χ0) is 16.1. The fraction of sp³-hybridized carbons (Fsp3) is 0.625. The van der Waals surface area contributed by atoms with Gasteiger partial charge < -0.3 is 35.0 Å². The van der Waals surface area contributed by atoms with Gasteiger partial charge in [-0.25, -0.2) is 0 Å². The van der Waals surface area contributed by atoms with Crippen molar-refractivity contribution in [1.29, 1.82) is 0 Å². The summed E-state index contributed by atoms with van der Waals surface area (Å²) in [5, 5.41) is 1.04. The molecule has 1 rings (SSSR count). The zero-order valence-electron chi connectivity index (χ0n) is 15.9. The summed E-state index contributed by atoms with van der Waals surface area (Å²) in [5.74, 6) is 0. The minimum atomic E-state index is -1.44. The van der Waals surface area contributed by atoms with Gasteiger partial charge in [-0.1, -0.05) is 47.3 Å². The first kappa shape index (κ1) is 31.6. The van der Waals surface area contributed by atoms with Gasteiger partial charge in [0.05, 0.1) is 0 Å². The zero-order valence-corrected chi connectivity index (χ0v) is 21.9. The van der Waals surface area contributed by atoms with E-state index in [-0.39, 0.29) is 51.0 Å². The summed E-state index contributed by atoms with van der Waals surface area (Å²) < 4.78 is 5.76. The van der Waals surface area contributed by atoms with Gasteiger partial charge in [0.15, 0.2) is 0 Å². The molecule has 0 aliphatic heterocycles. The summed E-state index contributed by atoms with van der Waals surface area (Å²) in [6.07, 6.45) is 0. The minimum Gasteiger partial charge on any atom is -1.00 e. The van der Waals surface area contributed by atoms with Crippen LogP contribution in [0.2, 0.25) is 32.7 Å². The summed E-state index contributed by atoms with van der Waals surface area (Å²) in [5.41, 5.74) is 13.0. The predicted molar refractivity (Wildman–Crippen MR) is 97.1 cm³/mol. The SMILES string of the molecule is C[Si](C)=C(C[NH-])O[Si](C)(C)C.Cc1c[c-](C)c(C)c1C.[Cl-].[Cl-].[Zr+4]. The Morgan fingerprint density at radius 3 is 1.70 bits per heavy atom. The largest absolute Gasteiger partial charge is 4.00 e.